The van der Waals surface area contributed by atoms with Gasteiger partial charge in [-0.2, -0.15) is 0 Å². The van der Waals surface area contributed by atoms with Crippen LogP contribution in [-0.2, 0) is 6.54 Å². The number of rotatable bonds is 7. The summed E-state index contributed by atoms with van der Waals surface area (Å²) >= 11 is 2.95. The highest BCUT2D eigenvalue weighted by Gasteiger charge is 2.19. The Morgan fingerprint density at radius 3 is 2.96 bits per heavy atom. The fraction of sp³-hybridized carbons (Fsp3) is 0.400. The van der Waals surface area contributed by atoms with E-state index in [0.717, 1.165) is 39.6 Å². The van der Waals surface area contributed by atoms with E-state index >= 15 is 0 Å². The normalized spacial score (nSPS) is 14.1. The smallest absolute Gasteiger partial charge is 0.262 e. The Morgan fingerprint density at radius 2 is 2.18 bits per heavy atom. The summed E-state index contributed by atoms with van der Waals surface area (Å²) in [6.07, 6.45) is 11.7. The standard InChI is InChI=1S/C20H23N5OS2/c1-13-16-18(22-8-7-14-5-3-2-4-6-14)24-12-25-20(16)28-17(13)19(26)23-11-15-21-9-10-27-15/h5,9-10,12H,2-4,6-8,11H2,1H3,(H,23,26)(H,22,24,25). The van der Waals surface area contributed by atoms with E-state index in [4.69, 9.17) is 0 Å². The molecule has 1 amide bonds. The minimum Gasteiger partial charge on any atom is -0.369 e. The number of aromatic nitrogens is 3. The van der Waals surface area contributed by atoms with Crippen molar-refractivity contribution in [3.8, 4) is 0 Å². The first-order valence-electron chi connectivity index (χ1n) is 9.55. The average molecular weight is 414 g/mol. The monoisotopic (exact) mass is 413 g/mol. The zero-order valence-corrected chi connectivity index (χ0v) is 17.5. The van der Waals surface area contributed by atoms with Crippen LogP contribution in [-0.4, -0.2) is 27.4 Å². The zero-order chi connectivity index (χ0) is 19.3. The van der Waals surface area contributed by atoms with Gasteiger partial charge in [0, 0.05) is 18.1 Å². The van der Waals surface area contributed by atoms with Crippen LogP contribution in [0.5, 0.6) is 0 Å². The number of amides is 1. The molecule has 6 nitrogen and oxygen atoms in total. The molecule has 8 heteroatoms. The number of fused-ring (bicyclic) bond motifs is 1. The molecular formula is C20H23N5OS2. The third kappa shape index (κ3) is 4.23. The summed E-state index contributed by atoms with van der Waals surface area (Å²) in [5.74, 6) is 0.725. The number of carbonyl (C=O) groups is 1. The first-order valence-corrected chi connectivity index (χ1v) is 11.2. The van der Waals surface area contributed by atoms with E-state index in [-0.39, 0.29) is 5.91 Å². The Kier molecular flexibility index (Phi) is 5.97. The van der Waals surface area contributed by atoms with Crippen molar-refractivity contribution in [1.82, 2.24) is 20.3 Å². The number of hydrogen-bond acceptors (Lipinski definition) is 7. The Morgan fingerprint density at radius 1 is 1.25 bits per heavy atom. The van der Waals surface area contributed by atoms with Gasteiger partial charge in [0.2, 0.25) is 0 Å². The maximum absolute atomic E-state index is 12.7. The molecule has 0 unspecified atom stereocenters. The van der Waals surface area contributed by atoms with E-state index in [9.17, 15) is 4.79 Å². The lowest BCUT2D eigenvalue weighted by molar-refractivity contribution is 0.0954. The first-order chi connectivity index (χ1) is 13.7. The van der Waals surface area contributed by atoms with Crippen LogP contribution < -0.4 is 10.6 Å². The molecule has 146 valence electrons. The second kappa shape index (κ2) is 8.79. The minimum absolute atomic E-state index is 0.0889. The number of carbonyl (C=O) groups excluding carboxylic acids is 1. The molecule has 0 bridgehead atoms. The highest BCUT2D eigenvalue weighted by molar-refractivity contribution is 7.20. The minimum atomic E-state index is -0.0889. The largest absolute Gasteiger partial charge is 0.369 e. The summed E-state index contributed by atoms with van der Waals surface area (Å²) in [4.78, 5) is 27.2. The number of thiazole rings is 1. The van der Waals surface area contributed by atoms with Crippen molar-refractivity contribution in [2.45, 2.75) is 45.6 Å². The van der Waals surface area contributed by atoms with Crippen molar-refractivity contribution in [1.29, 1.82) is 0 Å². The summed E-state index contributed by atoms with van der Waals surface area (Å²) in [6.45, 7) is 3.25. The number of hydrogen-bond donors (Lipinski definition) is 2. The molecule has 3 heterocycles. The molecule has 3 aromatic heterocycles. The third-order valence-electron chi connectivity index (χ3n) is 4.94. The van der Waals surface area contributed by atoms with Gasteiger partial charge < -0.3 is 10.6 Å². The van der Waals surface area contributed by atoms with E-state index in [1.54, 1.807) is 12.5 Å². The lowest BCUT2D eigenvalue weighted by Gasteiger charge is -2.13. The molecule has 0 radical (unpaired) electrons. The van der Waals surface area contributed by atoms with Gasteiger partial charge in [-0.25, -0.2) is 15.0 Å². The Labute approximate surface area is 172 Å². The summed E-state index contributed by atoms with van der Waals surface area (Å²) in [5, 5.41) is 10.2. The van der Waals surface area contributed by atoms with Crippen molar-refractivity contribution >= 4 is 44.6 Å². The molecule has 0 saturated carbocycles. The van der Waals surface area contributed by atoms with Crippen molar-refractivity contribution in [2.75, 3.05) is 11.9 Å². The predicted octanol–water partition coefficient (Wildman–Crippen LogP) is 4.69. The van der Waals surface area contributed by atoms with Gasteiger partial charge in [-0.15, -0.1) is 22.7 Å². The van der Waals surface area contributed by atoms with Crippen molar-refractivity contribution in [2.24, 2.45) is 0 Å². The van der Waals surface area contributed by atoms with Crippen LogP contribution in [0.1, 0.15) is 52.3 Å². The molecular weight excluding hydrogens is 390 g/mol. The van der Waals surface area contributed by atoms with Gasteiger partial charge in [0.1, 0.15) is 22.0 Å². The molecule has 0 saturated heterocycles. The summed E-state index contributed by atoms with van der Waals surface area (Å²) in [5.41, 5.74) is 2.46. The van der Waals surface area contributed by atoms with Gasteiger partial charge in [0.05, 0.1) is 16.8 Å². The van der Waals surface area contributed by atoms with Gasteiger partial charge in [-0.05, 0) is 44.6 Å². The Bertz CT molecular complexity index is 994. The van der Waals surface area contributed by atoms with Gasteiger partial charge in [0.25, 0.3) is 5.91 Å². The maximum atomic E-state index is 12.7. The summed E-state index contributed by atoms with van der Waals surface area (Å²) in [7, 11) is 0. The predicted molar refractivity (Wildman–Crippen MR) is 115 cm³/mol. The lowest BCUT2D eigenvalue weighted by atomic mass is 9.97. The molecule has 1 aliphatic rings. The van der Waals surface area contributed by atoms with Crippen molar-refractivity contribution in [3.05, 3.63) is 45.0 Å². The molecule has 4 rings (SSSR count). The number of aryl methyl sites for hydroxylation is 1. The van der Waals surface area contributed by atoms with Crippen LogP contribution in [0.3, 0.4) is 0 Å². The van der Waals surface area contributed by atoms with E-state index < -0.39 is 0 Å². The first kappa shape index (κ1) is 19.0. The highest BCUT2D eigenvalue weighted by atomic mass is 32.1. The van der Waals surface area contributed by atoms with Gasteiger partial charge in [-0.3, -0.25) is 4.79 Å². The fourth-order valence-corrected chi connectivity index (χ4v) is 5.09. The van der Waals surface area contributed by atoms with E-state index in [2.05, 4.69) is 31.7 Å². The van der Waals surface area contributed by atoms with E-state index in [0.29, 0.717) is 11.4 Å². The molecule has 1 aliphatic carbocycles. The maximum Gasteiger partial charge on any atom is 0.262 e. The molecule has 0 spiro atoms. The second-order valence-electron chi connectivity index (χ2n) is 6.85. The molecule has 2 N–H and O–H groups in total. The molecule has 0 atom stereocenters. The SMILES string of the molecule is Cc1c(C(=O)NCc2nccs2)sc2ncnc(NCCC3=CCCCC3)c12. The van der Waals surface area contributed by atoms with Gasteiger partial charge >= 0.3 is 0 Å². The molecule has 28 heavy (non-hydrogen) atoms. The number of nitrogens with zero attached hydrogens (tertiary/aromatic N) is 3. The second-order valence-corrected chi connectivity index (χ2v) is 8.83. The molecule has 0 aromatic carbocycles. The van der Waals surface area contributed by atoms with Crippen molar-refractivity contribution in [3.63, 3.8) is 0 Å². The van der Waals surface area contributed by atoms with Crippen LogP contribution >= 0.6 is 22.7 Å². The fourth-order valence-electron chi connectivity index (χ4n) is 3.47. The van der Waals surface area contributed by atoms with E-state index in [1.165, 1.54) is 53.9 Å². The van der Waals surface area contributed by atoms with Gasteiger partial charge in [0.15, 0.2) is 0 Å². The van der Waals surface area contributed by atoms with Crippen LogP contribution in [0.15, 0.2) is 29.6 Å². The number of anilines is 1. The summed E-state index contributed by atoms with van der Waals surface area (Å²) < 4.78 is 0. The van der Waals surface area contributed by atoms with E-state index in [1.807, 2.05) is 12.3 Å². The third-order valence-corrected chi connectivity index (χ3v) is 6.92. The quantitative estimate of drug-likeness (QED) is 0.549. The van der Waals surface area contributed by atoms with Crippen LogP contribution in [0.25, 0.3) is 10.2 Å². The van der Waals surface area contributed by atoms with Crippen molar-refractivity contribution < 1.29 is 4.79 Å². The van der Waals surface area contributed by atoms with Gasteiger partial charge in [-0.1, -0.05) is 11.6 Å². The lowest BCUT2D eigenvalue weighted by Crippen LogP contribution is -2.22. The number of allylic oxidation sites excluding steroid dienone is 1. The summed E-state index contributed by atoms with van der Waals surface area (Å²) in [6, 6.07) is 0. The van der Waals surface area contributed by atoms with Crippen LogP contribution in [0.2, 0.25) is 0 Å². The molecule has 3 aromatic rings. The highest BCUT2D eigenvalue weighted by Crippen LogP contribution is 2.33. The number of nitrogens with one attached hydrogen (secondary N) is 2. The molecule has 0 aliphatic heterocycles. The topological polar surface area (TPSA) is 79.8 Å². The van der Waals surface area contributed by atoms with Crippen LogP contribution in [0.4, 0.5) is 5.82 Å². The molecule has 0 fully saturated rings. The Hall–Kier alpha value is -2.32. The Balaban J connectivity index is 1.47. The van der Waals surface area contributed by atoms with Crippen LogP contribution in [0, 0.1) is 6.92 Å². The number of thiophene rings is 1. The zero-order valence-electron chi connectivity index (χ0n) is 15.8. The average Bonchev–Trinajstić information content (AvgIpc) is 3.35.